The quantitative estimate of drug-likeness (QED) is 0.483. The van der Waals surface area contributed by atoms with E-state index in [1.807, 2.05) is 0 Å². The molecule has 0 aliphatic heterocycles. The number of allylic oxidation sites excluding steroid dienone is 4. The molecule has 0 aromatic heterocycles. The van der Waals surface area contributed by atoms with Gasteiger partial charge < -0.3 is 0 Å². The van der Waals surface area contributed by atoms with Gasteiger partial charge in [0.25, 0.3) is 0 Å². The molecule has 2 aliphatic rings. The van der Waals surface area contributed by atoms with Crippen molar-refractivity contribution in [1.82, 2.24) is 0 Å². The first-order valence-corrected chi connectivity index (χ1v) is 8.95. The molecule has 0 heterocycles. The Bertz CT molecular complexity index is 1030. The molecule has 3 aromatic rings. The van der Waals surface area contributed by atoms with Gasteiger partial charge in [0.2, 0.25) is 0 Å². The fourth-order valence-electron chi connectivity index (χ4n) is 3.70. The van der Waals surface area contributed by atoms with Crippen molar-refractivity contribution in [2.24, 2.45) is 0 Å². The molecule has 0 N–H and O–H groups in total. The van der Waals surface area contributed by atoms with Crippen molar-refractivity contribution in [3.8, 4) is 0 Å². The molecule has 0 bridgehead atoms. The fourth-order valence-corrected chi connectivity index (χ4v) is 3.70. The van der Waals surface area contributed by atoms with Crippen LogP contribution in [0.1, 0.15) is 33.4 Å². The molecule has 0 saturated heterocycles. The first-order chi connectivity index (χ1) is 12.9. The highest BCUT2D eigenvalue weighted by Gasteiger charge is 2.10. The van der Waals surface area contributed by atoms with Gasteiger partial charge in [-0.05, 0) is 62.7 Å². The third kappa shape index (κ3) is 2.66. The zero-order chi connectivity index (χ0) is 17.3. The molecule has 0 spiro atoms. The molecule has 0 fully saturated rings. The minimum Gasteiger partial charge on any atom is -0.0616 e. The summed E-state index contributed by atoms with van der Waals surface area (Å²) in [5, 5.41) is 0. The number of hydrogen-bond donors (Lipinski definition) is 0. The van der Waals surface area contributed by atoms with Crippen molar-refractivity contribution in [2.75, 3.05) is 0 Å². The van der Waals surface area contributed by atoms with Gasteiger partial charge in [-0.2, -0.15) is 0 Å². The highest BCUT2D eigenvalue weighted by molar-refractivity contribution is 5.99. The first kappa shape index (κ1) is 14.9. The minimum atomic E-state index is 1.23. The summed E-state index contributed by atoms with van der Waals surface area (Å²) in [7, 11) is 0. The van der Waals surface area contributed by atoms with Crippen LogP contribution in [-0.2, 0) is 0 Å². The van der Waals surface area contributed by atoms with E-state index >= 15 is 0 Å². The van der Waals surface area contributed by atoms with E-state index in [1.165, 1.54) is 44.5 Å². The van der Waals surface area contributed by atoms with Crippen LogP contribution in [0.3, 0.4) is 0 Å². The summed E-state index contributed by atoms with van der Waals surface area (Å²) in [6.45, 7) is 0. The van der Waals surface area contributed by atoms with Crippen LogP contribution in [-0.4, -0.2) is 0 Å². The summed E-state index contributed by atoms with van der Waals surface area (Å²) in [5.41, 5.74) is 10.2. The van der Waals surface area contributed by atoms with Crippen LogP contribution in [0.5, 0.6) is 0 Å². The smallest absolute Gasteiger partial charge is 0.0111 e. The van der Waals surface area contributed by atoms with E-state index < -0.39 is 0 Å². The SMILES string of the molecule is C1=Cc2ccccc2/C1=C/c1cccc(/C=C2\C=Cc3ccccc32)c1. The Morgan fingerprint density at radius 1 is 0.462 bits per heavy atom. The first-order valence-electron chi connectivity index (χ1n) is 8.95. The molecular formula is C26H18. The van der Waals surface area contributed by atoms with Crippen molar-refractivity contribution >= 4 is 35.5 Å². The van der Waals surface area contributed by atoms with E-state index in [9.17, 15) is 0 Å². The zero-order valence-electron chi connectivity index (χ0n) is 14.4. The highest BCUT2D eigenvalue weighted by atomic mass is 14.1. The van der Waals surface area contributed by atoms with Crippen molar-refractivity contribution in [1.29, 1.82) is 0 Å². The molecule has 5 rings (SSSR count). The van der Waals surface area contributed by atoms with Gasteiger partial charge in [-0.1, -0.05) is 91.0 Å². The Labute approximate surface area is 154 Å². The van der Waals surface area contributed by atoms with Crippen molar-refractivity contribution in [3.05, 3.63) is 118 Å². The molecule has 0 unspecified atom stereocenters. The molecule has 0 nitrogen and oxygen atoms in total. The lowest BCUT2D eigenvalue weighted by Gasteiger charge is -2.04. The van der Waals surface area contributed by atoms with Crippen LogP contribution in [0.15, 0.2) is 84.9 Å². The lowest BCUT2D eigenvalue weighted by molar-refractivity contribution is 1.59. The fraction of sp³-hybridized carbons (Fsp3) is 0. The maximum Gasteiger partial charge on any atom is -0.0111 e. The molecule has 26 heavy (non-hydrogen) atoms. The maximum atomic E-state index is 2.27. The van der Waals surface area contributed by atoms with Crippen LogP contribution >= 0.6 is 0 Å². The standard InChI is InChI=1S/C26H18/c1-3-10-25-21(8-1)12-14-23(25)17-19-6-5-7-20(16-19)18-24-15-13-22-9-2-4-11-26(22)24/h1-18H/b23-17+,24-18+. The van der Waals surface area contributed by atoms with E-state index in [-0.39, 0.29) is 0 Å². The Morgan fingerprint density at radius 2 is 0.962 bits per heavy atom. The molecule has 0 radical (unpaired) electrons. The Hall–Kier alpha value is -3.38. The van der Waals surface area contributed by atoms with E-state index in [1.54, 1.807) is 0 Å². The number of fused-ring (bicyclic) bond motifs is 2. The summed E-state index contributed by atoms with van der Waals surface area (Å²) in [4.78, 5) is 0. The Kier molecular flexibility index (Phi) is 3.54. The van der Waals surface area contributed by atoms with Gasteiger partial charge in [-0.3, -0.25) is 0 Å². The molecule has 0 atom stereocenters. The average Bonchev–Trinajstić information content (AvgIpc) is 3.27. The molecule has 0 saturated carbocycles. The lowest BCUT2D eigenvalue weighted by Crippen LogP contribution is -1.83. The van der Waals surface area contributed by atoms with Gasteiger partial charge in [-0.15, -0.1) is 0 Å². The van der Waals surface area contributed by atoms with E-state index in [0.717, 1.165) is 0 Å². The van der Waals surface area contributed by atoms with Crippen LogP contribution in [0.25, 0.3) is 35.5 Å². The predicted octanol–water partition coefficient (Wildman–Crippen LogP) is 6.82. The Morgan fingerprint density at radius 3 is 1.50 bits per heavy atom. The second kappa shape index (κ2) is 6.16. The van der Waals surface area contributed by atoms with Crippen molar-refractivity contribution in [2.45, 2.75) is 0 Å². The van der Waals surface area contributed by atoms with Crippen molar-refractivity contribution in [3.63, 3.8) is 0 Å². The topological polar surface area (TPSA) is 0 Å². The zero-order valence-corrected chi connectivity index (χ0v) is 14.4. The van der Waals surface area contributed by atoms with Crippen molar-refractivity contribution < 1.29 is 0 Å². The van der Waals surface area contributed by atoms with Gasteiger partial charge >= 0.3 is 0 Å². The molecule has 0 amide bonds. The summed E-state index contributed by atoms with van der Waals surface area (Å²) < 4.78 is 0. The van der Waals surface area contributed by atoms with Gasteiger partial charge in [0.15, 0.2) is 0 Å². The van der Waals surface area contributed by atoms with Crippen LogP contribution in [0, 0.1) is 0 Å². The Balaban J connectivity index is 1.50. The van der Waals surface area contributed by atoms with Gasteiger partial charge in [0.05, 0.1) is 0 Å². The normalized spacial score (nSPS) is 17.1. The molecule has 2 aliphatic carbocycles. The van der Waals surface area contributed by atoms with E-state index in [4.69, 9.17) is 0 Å². The summed E-state index contributed by atoms with van der Waals surface area (Å²) in [5.74, 6) is 0. The summed E-state index contributed by atoms with van der Waals surface area (Å²) >= 11 is 0. The maximum absolute atomic E-state index is 2.27. The monoisotopic (exact) mass is 330 g/mol. The third-order valence-electron chi connectivity index (χ3n) is 4.98. The molecular weight excluding hydrogens is 312 g/mol. The number of rotatable bonds is 2. The van der Waals surface area contributed by atoms with Crippen LogP contribution in [0.2, 0.25) is 0 Å². The van der Waals surface area contributed by atoms with E-state index in [0.29, 0.717) is 0 Å². The third-order valence-corrected chi connectivity index (χ3v) is 4.98. The minimum absolute atomic E-state index is 1.23. The second-order valence-electron chi connectivity index (χ2n) is 6.71. The highest BCUT2D eigenvalue weighted by Crippen LogP contribution is 2.32. The molecule has 0 heteroatoms. The van der Waals surface area contributed by atoms with Gasteiger partial charge in [0, 0.05) is 0 Å². The lowest BCUT2D eigenvalue weighted by atomic mass is 10.0. The van der Waals surface area contributed by atoms with Gasteiger partial charge in [-0.25, -0.2) is 0 Å². The van der Waals surface area contributed by atoms with Gasteiger partial charge in [0.1, 0.15) is 0 Å². The number of benzene rings is 3. The molecule has 3 aromatic carbocycles. The van der Waals surface area contributed by atoms with Crippen LogP contribution in [0.4, 0.5) is 0 Å². The second-order valence-corrected chi connectivity index (χ2v) is 6.71. The summed E-state index contributed by atoms with van der Waals surface area (Å²) in [6, 6.07) is 25.8. The average molecular weight is 330 g/mol. The predicted molar refractivity (Wildman–Crippen MR) is 113 cm³/mol. The number of hydrogen-bond acceptors (Lipinski definition) is 0. The van der Waals surface area contributed by atoms with Crippen LogP contribution < -0.4 is 0 Å². The largest absolute Gasteiger partial charge is 0.0616 e. The molecule has 122 valence electrons. The van der Waals surface area contributed by atoms with E-state index in [2.05, 4.69) is 109 Å². The summed E-state index contributed by atoms with van der Waals surface area (Å²) in [6.07, 6.45) is 13.3.